The Morgan fingerprint density at radius 2 is 1.53 bits per heavy atom. The Bertz CT molecular complexity index is 2790. The number of carbonyl (C=O) groups is 4. The number of benzene rings is 6. The van der Waals surface area contributed by atoms with Gasteiger partial charge in [0.1, 0.15) is 30.2 Å². The van der Waals surface area contributed by atoms with E-state index in [1.807, 2.05) is 24.3 Å². The van der Waals surface area contributed by atoms with Crippen molar-refractivity contribution in [2.24, 2.45) is 0 Å². The fourth-order valence-electron chi connectivity index (χ4n) is 7.90. The number of alkyl halides is 3. The van der Waals surface area contributed by atoms with Crippen LogP contribution < -0.4 is 14.8 Å². The van der Waals surface area contributed by atoms with Crippen molar-refractivity contribution >= 4 is 35.2 Å². The zero-order valence-electron chi connectivity index (χ0n) is 33.8. The first-order valence-electron chi connectivity index (χ1n) is 20.1. The number of nitrogens with zero attached hydrogens (tertiary/aromatic N) is 2. The van der Waals surface area contributed by atoms with Crippen LogP contribution in [0.5, 0.6) is 11.5 Å². The van der Waals surface area contributed by atoms with Crippen LogP contribution in [0.4, 0.5) is 13.2 Å². The van der Waals surface area contributed by atoms with E-state index >= 15 is 0 Å². The molecular formula is C50H37ClF3N3O7. The van der Waals surface area contributed by atoms with Crippen LogP contribution in [0.15, 0.2) is 133 Å². The molecule has 2 amide bonds. The van der Waals surface area contributed by atoms with E-state index in [0.717, 1.165) is 17.2 Å². The van der Waals surface area contributed by atoms with E-state index in [-0.39, 0.29) is 43.8 Å². The minimum atomic E-state index is -4.61. The summed E-state index contributed by atoms with van der Waals surface area (Å²) in [5.74, 6) is -1.77. The Hall–Kier alpha value is -7.43. The van der Waals surface area contributed by atoms with E-state index in [9.17, 15) is 37.5 Å². The molecule has 0 aromatic heterocycles. The summed E-state index contributed by atoms with van der Waals surface area (Å²) in [6, 6.07) is 36.1. The highest BCUT2D eigenvalue weighted by Crippen LogP contribution is 2.39. The first-order chi connectivity index (χ1) is 30.7. The second kappa shape index (κ2) is 18.1. The second-order valence-electron chi connectivity index (χ2n) is 15.5. The molecule has 0 radical (unpaired) electrons. The van der Waals surface area contributed by atoms with Crippen molar-refractivity contribution in [2.45, 2.75) is 56.8 Å². The van der Waals surface area contributed by atoms with Gasteiger partial charge in [-0.15, -0.1) is 0 Å². The molecule has 0 saturated carbocycles. The van der Waals surface area contributed by atoms with Gasteiger partial charge in [0.25, 0.3) is 5.91 Å². The predicted octanol–water partition coefficient (Wildman–Crippen LogP) is 9.10. The Balaban J connectivity index is 0.982. The molecule has 6 aromatic rings. The van der Waals surface area contributed by atoms with Crippen molar-refractivity contribution in [3.8, 4) is 28.7 Å². The molecule has 0 bridgehead atoms. The molecule has 64 heavy (non-hydrogen) atoms. The number of carboxylic acids is 1. The molecule has 2 N–H and O–H groups in total. The standard InChI is InChI=1S/C50H37ClF3N3O7/c51-41-19-10-31(20-40(41)50(52,53)54)28-63-39-17-15-34(16-18-39)46-44(58)24-37-22-36-23-43(57(27-38(36)25-45(37)64-46)48(60)35-4-2-1-3-5-35)47(59)56-42(49(61)62)21-29-6-11-32(12-7-29)33-13-8-30(26-55)9-14-33/h1-20,22,25,42-43,46H,21,23-24,27-28H2,(H,56,59)(H,61,62)/t42-,43-,46?/m0/s1. The van der Waals surface area contributed by atoms with Gasteiger partial charge in [0.15, 0.2) is 11.9 Å². The van der Waals surface area contributed by atoms with E-state index in [2.05, 4.69) is 11.4 Å². The molecule has 14 heteroatoms. The molecule has 0 fully saturated rings. The maximum Gasteiger partial charge on any atom is 0.417 e. The smallest absolute Gasteiger partial charge is 0.417 e. The van der Waals surface area contributed by atoms with E-state index in [1.54, 1.807) is 91.0 Å². The molecule has 0 saturated heterocycles. The molecule has 1 unspecified atom stereocenters. The number of hydrogen-bond acceptors (Lipinski definition) is 7. The summed E-state index contributed by atoms with van der Waals surface area (Å²) in [5.41, 5.74) is 5.12. The minimum absolute atomic E-state index is 0.00489. The average molecular weight is 884 g/mol. The summed E-state index contributed by atoms with van der Waals surface area (Å²) >= 11 is 5.74. The summed E-state index contributed by atoms with van der Waals surface area (Å²) in [6.07, 6.45) is -5.56. The van der Waals surface area contributed by atoms with Crippen molar-refractivity contribution in [1.29, 1.82) is 5.26 Å². The number of amides is 2. The molecule has 0 spiro atoms. The number of aliphatic carboxylic acids is 1. The normalized spacial score (nSPS) is 16.0. The number of carbonyl (C=O) groups excluding carboxylic acids is 3. The van der Waals surface area contributed by atoms with Gasteiger partial charge in [-0.2, -0.15) is 18.4 Å². The molecule has 3 atom stereocenters. The largest absolute Gasteiger partial charge is 0.489 e. The van der Waals surface area contributed by atoms with Gasteiger partial charge >= 0.3 is 12.1 Å². The monoisotopic (exact) mass is 883 g/mol. The Kier molecular flexibility index (Phi) is 12.2. The van der Waals surface area contributed by atoms with Crippen LogP contribution in [0.25, 0.3) is 11.1 Å². The Labute approximate surface area is 370 Å². The average Bonchev–Trinajstić information content (AvgIpc) is 3.30. The number of fused-ring (bicyclic) bond motifs is 2. The van der Waals surface area contributed by atoms with Gasteiger partial charge in [-0.1, -0.05) is 90.5 Å². The van der Waals surface area contributed by atoms with Gasteiger partial charge in [0.2, 0.25) is 5.91 Å². The van der Waals surface area contributed by atoms with Gasteiger partial charge < -0.3 is 24.8 Å². The third-order valence-corrected chi connectivity index (χ3v) is 11.6. The fourth-order valence-corrected chi connectivity index (χ4v) is 8.12. The second-order valence-corrected chi connectivity index (χ2v) is 16.0. The van der Waals surface area contributed by atoms with Gasteiger partial charge in [-0.05, 0) is 88.0 Å². The molecular weight excluding hydrogens is 847 g/mol. The zero-order valence-corrected chi connectivity index (χ0v) is 34.5. The lowest BCUT2D eigenvalue weighted by atomic mass is 9.87. The summed E-state index contributed by atoms with van der Waals surface area (Å²) in [7, 11) is 0. The predicted molar refractivity (Wildman–Crippen MR) is 229 cm³/mol. The first-order valence-corrected chi connectivity index (χ1v) is 20.5. The van der Waals surface area contributed by atoms with Gasteiger partial charge in [-0.25, -0.2) is 4.79 Å². The topological polar surface area (TPSA) is 146 Å². The van der Waals surface area contributed by atoms with Crippen LogP contribution >= 0.6 is 11.6 Å². The molecule has 2 heterocycles. The lowest BCUT2D eigenvalue weighted by Crippen LogP contribution is -2.56. The molecule has 2 aliphatic heterocycles. The molecule has 2 aliphatic rings. The number of carboxylic acid groups (broad SMARTS) is 1. The highest BCUT2D eigenvalue weighted by atomic mass is 35.5. The van der Waals surface area contributed by atoms with Crippen molar-refractivity contribution in [3.63, 3.8) is 0 Å². The molecule has 6 aromatic carbocycles. The van der Waals surface area contributed by atoms with Crippen LogP contribution in [0, 0.1) is 11.3 Å². The molecule has 8 rings (SSSR count). The van der Waals surface area contributed by atoms with Crippen molar-refractivity contribution < 1.29 is 46.9 Å². The maximum atomic E-state index is 14.2. The number of hydrogen-bond donors (Lipinski definition) is 2. The number of nitriles is 1. The van der Waals surface area contributed by atoms with Gasteiger partial charge in [0, 0.05) is 42.5 Å². The number of rotatable bonds is 11. The highest BCUT2D eigenvalue weighted by Gasteiger charge is 2.39. The number of Topliss-reactive ketones (excluding diaryl/α,β-unsaturated/α-hetero) is 1. The van der Waals surface area contributed by atoms with Crippen molar-refractivity contribution in [2.75, 3.05) is 0 Å². The number of ether oxygens (including phenoxy) is 2. The van der Waals surface area contributed by atoms with Crippen LogP contribution in [0.2, 0.25) is 5.02 Å². The summed E-state index contributed by atoms with van der Waals surface area (Å²) in [6.45, 7) is -0.157. The van der Waals surface area contributed by atoms with Crippen LogP contribution in [0.3, 0.4) is 0 Å². The highest BCUT2D eigenvalue weighted by molar-refractivity contribution is 6.31. The third kappa shape index (κ3) is 9.47. The third-order valence-electron chi connectivity index (χ3n) is 11.3. The van der Waals surface area contributed by atoms with Crippen LogP contribution in [0.1, 0.15) is 61.0 Å². The Morgan fingerprint density at radius 3 is 2.19 bits per heavy atom. The number of halogens is 4. The summed E-state index contributed by atoms with van der Waals surface area (Å²) in [4.78, 5) is 55.8. The van der Waals surface area contributed by atoms with E-state index in [0.29, 0.717) is 50.4 Å². The fraction of sp³-hybridized carbons (Fsp3) is 0.180. The van der Waals surface area contributed by atoms with E-state index in [4.69, 9.17) is 26.3 Å². The minimum Gasteiger partial charge on any atom is -0.489 e. The van der Waals surface area contributed by atoms with Crippen molar-refractivity contribution in [3.05, 3.63) is 189 Å². The van der Waals surface area contributed by atoms with Gasteiger partial charge in [0.05, 0.1) is 22.2 Å². The first kappa shape index (κ1) is 43.2. The summed E-state index contributed by atoms with van der Waals surface area (Å²) in [5, 5.41) is 21.6. The van der Waals surface area contributed by atoms with E-state index in [1.165, 1.54) is 17.0 Å². The summed E-state index contributed by atoms with van der Waals surface area (Å²) < 4.78 is 52.0. The lowest BCUT2D eigenvalue weighted by molar-refractivity contribution is -0.142. The quantitative estimate of drug-likeness (QED) is 0.131. The Morgan fingerprint density at radius 1 is 0.859 bits per heavy atom. The molecule has 0 aliphatic carbocycles. The zero-order chi connectivity index (χ0) is 45.1. The number of nitrogens with one attached hydrogen (secondary N) is 1. The van der Waals surface area contributed by atoms with Crippen LogP contribution in [-0.2, 0) is 53.0 Å². The SMILES string of the molecule is N#Cc1ccc(-c2ccc(C[C@H](NC(=O)[C@@H]3Cc4cc5c(cc4CN3C(=O)c3ccccc3)OC(c3ccc(OCc4ccc(Cl)c(C(F)(F)F)c4)cc3)C(=O)C5)C(=O)O)cc2)cc1. The van der Waals surface area contributed by atoms with Crippen molar-refractivity contribution in [1.82, 2.24) is 10.2 Å². The maximum absolute atomic E-state index is 14.2. The number of ketones is 1. The lowest BCUT2D eigenvalue weighted by Gasteiger charge is -2.37. The van der Waals surface area contributed by atoms with Crippen LogP contribution in [-0.4, -0.2) is 45.7 Å². The van der Waals surface area contributed by atoms with Gasteiger partial charge in [-0.3, -0.25) is 14.4 Å². The molecule has 10 nitrogen and oxygen atoms in total. The van der Waals surface area contributed by atoms with E-state index < -0.39 is 52.7 Å². The molecule has 322 valence electrons.